The Kier molecular flexibility index (Phi) is 5.26. The molecule has 0 bridgehead atoms. The monoisotopic (exact) mass is 222 g/mol. The van der Waals surface area contributed by atoms with Crippen LogP contribution in [0.5, 0.6) is 0 Å². The molecule has 16 heavy (non-hydrogen) atoms. The van der Waals surface area contributed by atoms with Gasteiger partial charge in [0.05, 0.1) is 24.9 Å². The molecule has 2 rings (SSSR count). The van der Waals surface area contributed by atoms with Gasteiger partial charge in [-0.3, -0.25) is 4.68 Å². The van der Waals surface area contributed by atoms with E-state index in [0.717, 1.165) is 26.1 Å². The van der Waals surface area contributed by atoms with Crippen LogP contribution in [0.3, 0.4) is 0 Å². The maximum Gasteiger partial charge on any atom is 0.0985 e. The lowest BCUT2D eigenvalue weighted by molar-refractivity contribution is -0.0288. The van der Waals surface area contributed by atoms with Crippen molar-refractivity contribution in [2.75, 3.05) is 13.2 Å². The number of hydrogen-bond acceptors (Lipinski definition) is 2. The van der Waals surface area contributed by atoms with Crippen LogP contribution in [-0.2, 0) is 11.2 Å². The van der Waals surface area contributed by atoms with Gasteiger partial charge in [0.2, 0.25) is 0 Å². The SMILES string of the molecule is C=CCCc1nn(C2COC2)cc1C.CC. The molecule has 3 nitrogen and oxygen atoms in total. The molecule has 0 spiro atoms. The Bertz CT molecular complexity index is 327. The van der Waals surface area contributed by atoms with E-state index >= 15 is 0 Å². The summed E-state index contributed by atoms with van der Waals surface area (Å²) in [6.45, 7) is 11.4. The minimum atomic E-state index is 0.464. The minimum Gasteiger partial charge on any atom is -0.377 e. The molecule has 0 atom stereocenters. The fourth-order valence-corrected chi connectivity index (χ4v) is 1.57. The van der Waals surface area contributed by atoms with Gasteiger partial charge in [-0.25, -0.2) is 0 Å². The first-order valence-electron chi connectivity index (χ1n) is 6.04. The van der Waals surface area contributed by atoms with Crippen LogP contribution in [0.4, 0.5) is 0 Å². The molecule has 0 radical (unpaired) electrons. The molecule has 90 valence electrons. The van der Waals surface area contributed by atoms with Crippen LogP contribution in [-0.4, -0.2) is 23.0 Å². The Balaban J connectivity index is 0.000000606. The van der Waals surface area contributed by atoms with Crippen molar-refractivity contribution >= 4 is 0 Å². The average Bonchev–Trinajstić information content (AvgIpc) is 2.57. The summed E-state index contributed by atoms with van der Waals surface area (Å²) in [4.78, 5) is 0. The van der Waals surface area contributed by atoms with Crippen molar-refractivity contribution in [1.82, 2.24) is 9.78 Å². The second-order valence-corrected chi connectivity index (χ2v) is 3.76. The molecule has 1 aromatic rings. The van der Waals surface area contributed by atoms with E-state index in [1.54, 1.807) is 0 Å². The lowest BCUT2D eigenvalue weighted by Crippen LogP contribution is -2.31. The number of aryl methyl sites for hydroxylation is 2. The summed E-state index contributed by atoms with van der Waals surface area (Å²) in [5.41, 5.74) is 2.47. The first-order chi connectivity index (χ1) is 7.81. The van der Waals surface area contributed by atoms with Crippen molar-refractivity contribution in [3.05, 3.63) is 30.1 Å². The highest BCUT2D eigenvalue weighted by Crippen LogP contribution is 2.18. The molecule has 1 aliphatic heterocycles. The Morgan fingerprint density at radius 2 is 2.25 bits per heavy atom. The van der Waals surface area contributed by atoms with Crippen molar-refractivity contribution in [3.63, 3.8) is 0 Å². The number of nitrogens with zero attached hydrogens (tertiary/aromatic N) is 2. The molecule has 1 fully saturated rings. The molecule has 2 heterocycles. The number of rotatable bonds is 4. The molecular formula is C13H22N2O. The normalized spacial score (nSPS) is 14.9. The molecule has 0 unspecified atom stereocenters. The van der Waals surface area contributed by atoms with E-state index in [4.69, 9.17) is 4.74 Å². The Morgan fingerprint density at radius 1 is 1.56 bits per heavy atom. The maximum absolute atomic E-state index is 5.14. The number of hydrogen-bond donors (Lipinski definition) is 0. The summed E-state index contributed by atoms with van der Waals surface area (Å²) in [6.07, 6.45) is 6.05. The quantitative estimate of drug-likeness (QED) is 0.732. The molecule has 1 aromatic heterocycles. The molecule has 0 N–H and O–H groups in total. The third kappa shape index (κ3) is 2.95. The van der Waals surface area contributed by atoms with Crippen LogP contribution in [0.1, 0.15) is 37.6 Å². The van der Waals surface area contributed by atoms with Gasteiger partial charge in [-0.1, -0.05) is 19.9 Å². The highest BCUT2D eigenvalue weighted by Gasteiger charge is 2.21. The fourth-order valence-electron chi connectivity index (χ4n) is 1.57. The second kappa shape index (κ2) is 6.48. The summed E-state index contributed by atoms with van der Waals surface area (Å²) in [5, 5.41) is 4.56. The lowest BCUT2D eigenvalue weighted by Gasteiger charge is -2.26. The van der Waals surface area contributed by atoms with Gasteiger partial charge in [0.25, 0.3) is 0 Å². The summed E-state index contributed by atoms with van der Waals surface area (Å²) in [6, 6.07) is 0.464. The Morgan fingerprint density at radius 3 is 2.75 bits per heavy atom. The third-order valence-electron chi connectivity index (χ3n) is 2.60. The lowest BCUT2D eigenvalue weighted by atomic mass is 10.2. The van der Waals surface area contributed by atoms with Crippen LogP contribution in [0, 0.1) is 6.92 Å². The van der Waals surface area contributed by atoms with Gasteiger partial charge in [0.15, 0.2) is 0 Å². The van der Waals surface area contributed by atoms with E-state index in [1.807, 2.05) is 24.6 Å². The molecule has 1 saturated heterocycles. The molecule has 0 aromatic carbocycles. The Labute approximate surface area is 98.1 Å². The standard InChI is InChI=1S/C11H16N2O.C2H6/c1-3-4-5-11-9(2)6-13(12-11)10-7-14-8-10;1-2/h3,6,10H,1,4-5,7-8H2,2H3;1-2H3. The molecule has 3 heteroatoms. The third-order valence-corrected chi connectivity index (χ3v) is 2.60. The van der Waals surface area contributed by atoms with E-state index in [9.17, 15) is 0 Å². The van der Waals surface area contributed by atoms with Crippen LogP contribution < -0.4 is 0 Å². The van der Waals surface area contributed by atoms with Gasteiger partial charge in [-0.15, -0.1) is 6.58 Å². The summed E-state index contributed by atoms with van der Waals surface area (Å²) in [5.74, 6) is 0. The van der Waals surface area contributed by atoms with Gasteiger partial charge < -0.3 is 4.74 Å². The number of aromatic nitrogens is 2. The fraction of sp³-hybridized carbons (Fsp3) is 0.615. The van der Waals surface area contributed by atoms with Crippen molar-refractivity contribution in [3.8, 4) is 0 Å². The summed E-state index contributed by atoms with van der Waals surface area (Å²) < 4.78 is 7.18. The van der Waals surface area contributed by atoms with Crippen LogP contribution >= 0.6 is 0 Å². The predicted octanol–water partition coefficient (Wildman–Crippen LogP) is 2.91. The molecular weight excluding hydrogens is 200 g/mol. The van der Waals surface area contributed by atoms with E-state index in [0.29, 0.717) is 6.04 Å². The topological polar surface area (TPSA) is 27.1 Å². The van der Waals surface area contributed by atoms with Gasteiger partial charge in [-0.05, 0) is 25.3 Å². The Hall–Kier alpha value is -1.09. The van der Waals surface area contributed by atoms with Crippen molar-refractivity contribution in [2.45, 2.75) is 39.7 Å². The smallest absolute Gasteiger partial charge is 0.0985 e. The van der Waals surface area contributed by atoms with Crippen molar-refractivity contribution in [1.29, 1.82) is 0 Å². The summed E-state index contributed by atoms with van der Waals surface area (Å²) in [7, 11) is 0. The van der Waals surface area contributed by atoms with Crippen LogP contribution in [0.2, 0.25) is 0 Å². The molecule has 0 aliphatic carbocycles. The highest BCUT2D eigenvalue weighted by molar-refractivity contribution is 5.16. The van der Waals surface area contributed by atoms with Gasteiger partial charge in [-0.2, -0.15) is 5.10 Å². The van der Waals surface area contributed by atoms with Gasteiger partial charge in [0, 0.05) is 6.20 Å². The predicted molar refractivity (Wildman–Crippen MR) is 66.7 cm³/mol. The molecule has 0 saturated carbocycles. The first kappa shape index (κ1) is 13.0. The van der Waals surface area contributed by atoms with E-state index in [-0.39, 0.29) is 0 Å². The zero-order valence-corrected chi connectivity index (χ0v) is 10.6. The molecule has 1 aliphatic rings. The van der Waals surface area contributed by atoms with Crippen molar-refractivity contribution < 1.29 is 4.74 Å². The van der Waals surface area contributed by atoms with Crippen molar-refractivity contribution in [2.24, 2.45) is 0 Å². The van der Waals surface area contributed by atoms with Crippen LogP contribution in [0.15, 0.2) is 18.9 Å². The first-order valence-corrected chi connectivity index (χ1v) is 6.04. The summed E-state index contributed by atoms with van der Waals surface area (Å²) >= 11 is 0. The largest absolute Gasteiger partial charge is 0.377 e. The number of allylic oxidation sites excluding steroid dienone is 1. The van der Waals surface area contributed by atoms with E-state index < -0.39 is 0 Å². The average molecular weight is 222 g/mol. The van der Waals surface area contributed by atoms with E-state index in [2.05, 4.69) is 24.8 Å². The molecule has 0 amide bonds. The van der Waals surface area contributed by atoms with Crippen LogP contribution in [0.25, 0.3) is 0 Å². The van der Waals surface area contributed by atoms with Gasteiger partial charge in [0.1, 0.15) is 0 Å². The zero-order chi connectivity index (χ0) is 12.0. The second-order valence-electron chi connectivity index (χ2n) is 3.76. The highest BCUT2D eigenvalue weighted by atomic mass is 16.5. The number of ether oxygens (including phenoxy) is 1. The van der Waals surface area contributed by atoms with E-state index in [1.165, 1.54) is 11.3 Å². The maximum atomic E-state index is 5.14. The minimum absolute atomic E-state index is 0.464. The zero-order valence-electron chi connectivity index (χ0n) is 10.6. The van der Waals surface area contributed by atoms with Gasteiger partial charge >= 0.3 is 0 Å².